The summed E-state index contributed by atoms with van der Waals surface area (Å²) in [7, 11) is 0. The fraction of sp³-hybridized carbons (Fsp3) is 0.600. The van der Waals surface area contributed by atoms with Gasteiger partial charge in [0.25, 0.3) is 0 Å². The largest absolute Gasteiger partial charge is 0.271 e. The molecule has 0 aliphatic heterocycles. The molecule has 1 unspecified atom stereocenters. The molecular formula is C5H12N2. The fourth-order valence-electron chi connectivity index (χ4n) is 0.353. The van der Waals surface area contributed by atoms with Crippen LogP contribution in [-0.2, 0) is 0 Å². The van der Waals surface area contributed by atoms with Gasteiger partial charge in [0.05, 0.1) is 0 Å². The van der Waals surface area contributed by atoms with Gasteiger partial charge in [-0.2, -0.15) is 0 Å². The van der Waals surface area contributed by atoms with Gasteiger partial charge >= 0.3 is 0 Å². The van der Waals surface area contributed by atoms with Gasteiger partial charge in [-0.3, -0.25) is 11.3 Å². The summed E-state index contributed by atoms with van der Waals surface area (Å²) in [5.74, 6) is 5.07. The van der Waals surface area contributed by atoms with Crippen LogP contribution in [-0.4, -0.2) is 6.04 Å². The predicted octanol–water partition coefficient (Wildman–Crippen LogP) is 0.414. The summed E-state index contributed by atoms with van der Waals surface area (Å²) in [4.78, 5) is 0. The zero-order chi connectivity index (χ0) is 5.70. The smallest absolute Gasteiger partial charge is 0.0385 e. The maximum absolute atomic E-state index is 5.07. The highest BCUT2D eigenvalue weighted by molar-refractivity contribution is 4.81. The summed E-state index contributed by atoms with van der Waals surface area (Å²) in [6.45, 7) is 5.61. The highest BCUT2D eigenvalue weighted by Gasteiger charge is 1.91. The van der Waals surface area contributed by atoms with Crippen molar-refractivity contribution in [1.82, 2.24) is 5.43 Å². The third-order valence-electron chi connectivity index (χ3n) is 0.938. The van der Waals surface area contributed by atoms with Gasteiger partial charge in [-0.1, -0.05) is 13.0 Å². The summed E-state index contributed by atoms with van der Waals surface area (Å²) in [6.07, 6.45) is 2.79. The van der Waals surface area contributed by atoms with E-state index in [1.165, 1.54) is 0 Å². The Labute approximate surface area is 44.4 Å². The maximum Gasteiger partial charge on any atom is 0.0385 e. The zero-order valence-electron chi connectivity index (χ0n) is 4.65. The number of hydrogen-bond donors (Lipinski definition) is 2. The van der Waals surface area contributed by atoms with Gasteiger partial charge in [0.15, 0.2) is 0 Å². The predicted molar refractivity (Wildman–Crippen MR) is 31.6 cm³/mol. The van der Waals surface area contributed by atoms with Crippen molar-refractivity contribution in [3.8, 4) is 0 Å². The van der Waals surface area contributed by atoms with Crippen molar-refractivity contribution in [2.75, 3.05) is 0 Å². The Hall–Kier alpha value is -0.340. The van der Waals surface area contributed by atoms with Crippen LogP contribution in [0.15, 0.2) is 12.7 Å². The van der Waals surface area contributed by atoms with E-state index in [0.29, 0.717) is 0 Å². The van der Waals surface area contributed by atoms with E-state index < -0.39 is 0 Å². The molecule has 0 aromatic rings. The minimum atomic E-state index is 0.278. The molecule has 0 saturated heterocycles. The van der Waals surface area contributed by atoms with Crippen LogP contribution in [0.4, 0.5) is 0 Å². The maximum atomic E-state index is 5.07. The highest BCUT2D eigenvalue weighted by Crippen LogP contribution is 1.85. The molecule has 3 N–H and O–H groups in total. The van der Waals surface area contributed by atoms with Gasteiger partial charge < -0.3 is 0 Å². The average molecular weight is 100 g/mol. The van der Waals surface area contributed by atoms with Crippen LogP contribution in [0.25, 0.3) is 0 Å². The van der Waals surface area contributed by atoms with E-state index in [9.17, 15) is 0 Å². The summed E-state index contributed by atoms with van der Waals surface area (Å²) in [6, 6.07) is 0.278. The van der Waals surface area contributed by atoms with E-state index in [1.54, 1.807) is 6.08 Å². The van der Waals surface area contributed by atoms with Gasteiger partial charge in [-0.15, -0.1) is 6.58 Å². The number of nitrogens with two attached hydrogens (primary N) is 1. The molecule has 0 aromatic heterocycles. The summed E-state index contributed by atoms with van der Waals surface area (Å²) >= 11 is 0. The lowest BCUT2D eigenvalue weighted by atomic mass is 10.2. The van der Waals surface area contributed by atoms with Gasteiger partial charge in [0, 0.05) is 6.04 Å². The average Bonchev–Trinajstić information content (AvgIpc) is 1.72. The van der Waals surface area contributed by atoms with Crippen molar-refractivity contribution in [3.63, 3.8) is 0 Å². The van der Waals surface area contributed by atoms with Crippen LogP contribution in [0.2, 0.25) is 0 Å². The molecule has 0 saturated carbocycles. The number of hydrogen-bond acceptors (Lipinski definition) is 2. The van der Waals surface area contributed by atoms with Gasteiger partial charge in [-0.05, 0) is 6.42 Å². The zero-order valence-corrected chi connectivity index (χ0v) is 4.65. The summed E-state index contributed by atoms with van der Waals surface area (Å²) < 4.78 is 0. The standard InChI is InChI=1S/C5H12N2/c1-3-5(4-2)7-6/h3,5,7H,1,4,6H2,2H3. The molecule has 0 aliphatic rings. The molecule has 2 heteroatoms. The summed E-state index contributed by atoms with van der Waals surface area (Å²) in [5, 5.41) is 0. The molecule has 0 spiro atoms. The van der Waals surface area contributed by atoms with Crippen LogP contribution in [0.3, 0.4) is 0 Å². The molecule has 0 heterocycles. The van der Waals surface area contributed by atoms with E-state index in [0.717, 1.165) is 6.42 Å². The lowest BCUT2D eigenvalue weighted by molar-refractivity contribution is 0.604. The summed E-state index contributed by atoms with van der Waals surface area (Å²) in [5.41, 5.74) is 2.58. The van der Waals surface area contributed by atoms with Crippen LogP contribution < -0.4 is 11.3 Å². The van der Waals surface area contributed by atoms with Crippen molar-refractivity contribution in [3.05, 3.63) is 12.7 Å². The first-order valence-corrected chi connectivity index (χ1v) is 2.43. The van der Waals surface area contributed by atoms with Gasteiger partial charge in [0.1, 0.15) is 0 Å². The van der Waals surface area contributed by atoms with Crippen molar-refractivity contribution >= 4 is 0 Å². The quantitative estimate of drug-likeness (QED) is 0.306. The fourth-order valence-corrected chi connectivity index (χ4v) is 0.353. The second-order valence-corrected chi connectivity index (χ2v) is 1.42. The molecule has 0 fully saturated rings. The third kappa shape index (κ3) is 2.37. The first-order valence-electron chi connectivity index (χ1n) is 2.43. The number of nitrogens with one attached hydrogen (secondary N) is 1. The number of hydrazine groups is 1. The molecule has 0 amide bonds. The number of rotatable bonds is 3. The third-order valence-corrected chi connectivity index (χ3v) is 0.938. The van der Waals surface area contributed by atoms with Crippen molar-refractivity contribution in [1.29, 1.82) is 0 Å². The van der Waals surface area contributed by atoms with Crippen molar-refractivity contribution < 1.29 is 0 Å². The molecule has 42 valence electrons. The van der Waals surface area contributed by atoms with E-state index in [4.69, 9.17) is 5.84 Å². The van der Waals surface area contributed by atoms with E-state index in [1.807, 2.05) is 6.92 Å². The van der Waals surface area contributed by atoms with Crippen LogP contribution >= 0.6 is 0 Å². The van der Waals surface area contributed by atoms with Crippen molar-refractivity contribution in [2.24, 2.45) is 5.84 Å². The molecule has 0 rings (SSSR count). The minimum absolute atomic E-state index is 0.278. The van der Waals surface area contributed by atoms with E-state index in [2.05, 4.69) is 12.0 Å². The molecule has 0 bridgehead atoms. The molecular weight excluding hydrogens is 88.1 g/mol. The second-order valence-electron chi connectivity index (χ2n) is 1.42. The second kappa shape index (κ2) is 3.84. The minimum Gasteiger partial charge on any atom is -0.271 e. The van der Waals surface area contributed by atoms with Gasteiger partial charge in [-0.25, -0.2) is 0 Å². The molecule has 0 aromatic carbocycles. The topological polar surface area (TPSA) is 38.0 Å². The van der Waals surface area contributed by atoms with E-state index in [-0.39, 0.29) is 6.04 Å². The lowest BCUT2D eigenvalue weighted by Crippen LogP contribution is -2.32. The monoisotopic (exact) mass is 100 g/mol. The first-order chi connectivity index (χ1) is 3.35. The first kappa shape index (κ1) is 6.66. The molecule has 2 nitrogen and oxygen atoms in total. The Morgan fingerprint density at radius 1 is 2.00 bits per heavy atom. The Morgan fingerprint density at radius 3 is 2.57 bits per heavy atom. The van der Waals surface area contributed by atoms with Crippen molar-refractivity contribution in [2.45, 2.75) is 19.4 Å². The van der Waals surface area contributed by atoms with Crippen LogP contribution in [0.1, 0.15) is 13.3 Å². The SMILES string of the molecule is C=CC(CC)NN. The van der Waals surface area contributed by atoms with E-state index >= 15 is 0 Å². The Kier molecular flexibility index (Phi) is 3.65. The lowest BCUT2D eigenvalue weighted by Gasteiger charge is -2.04. The molecule has 0 radical (unpaired) electrons. The Bertz CT molecular complexity index is 48.0. The normalized spacial score (nSPS) is 13.4. The Balaban J connectivity index is 3.16. The molecule has 1 atom stereocenters. The van der Waals surface area contributed by atoms with Crippen LogP contribution in [0, 0.1) is 0 Å². The highest BCUT2D eigenvalue weighted by atomic mass is 15.2. The van der Waals surface area contributed by atoms with Gasteiger partial charge in [0.2, 0.25) is 0 Å². The Morgan fingerprint density at radius 2 is 2.57 bits per heavy atom. The molecule has 0 aliphatic carbocycles. The molecule has 7 heavy (non-hydrogen) atoms. The van der Waals surface area contributed by atoms with Crippen LogP contribution in [0.5, 0.6) is 0 Å².